The summed E-state index contributed by atoms with van der Waals surface area (Å²) in [5.74, 6) is -0.250. The number of hydrogen-bond acceptors (Lipinski definition) is 2. The number of rotatable bonds is 3. The minimum absolute atomic E-state index is 0.250. The molecule has 26 heavy (non-hydrogen) atoms. The summed E-state index contributed by atoms with van der Waals surface area (Å²) in [7, 11) is 0. The van der Waals surface area contributed by atoms with E-state index in [9.17, 15) is 4.79 Å². The van der Waals surface area contributed by atoms with Crippen LogP contribution in [0, 0.1) is 6.92 Å². The zero-order valence-electron chi connectivity index (χ0n) is 14.2. The highest BCUT2D eigenvalue weighted by molar-refractivity contribution is 7.80. The van der Waals surface area contributed by atoms with Crippen molar-refractivity contribution in [1.82, 2.24) is 10.6 Å². The van der Waals surface area contributed by atoms with E-state index < -0.39 is 6.04 Å². The van der Waals surface area contributed by atoms with E-state index in [-0.39, 0.29) is 5.91 Å². The third kappa shape index (κ3) is 3.85. The van der Waals surface area contributed by atoms with Crippen molar-refractivity contribution in [3.63, 3.8) is 0 Å². The van der Waals surface area contributed by atoms with Gasteiger partial charge < -0.3 is 16.0 Å². The molecule has 4 nitrogen and oxygen atoms in total. The third-order valence-electron chi connectivity index (χ3n) is 4.18. The molecule has 1 atom stereocenters. The molecule has 0 radical (unpaired) electrons. The van der Waals surface area contributed by atoms with Crippen molar-refractivity contribution in [1.29, 1.82) is 0 Å². The van der Waals surface area contributed by atoms with Crippen LogP contribution in [0.4, 0.5) is 5.69 Å². The highest BCUT2D eigenvalue weighted by atomic mass is 35.5. The first kappa shape index (κ1) is 18.7. The van der Waals surface area contributed by atoms with Gasteiger partial charge in [0.25, 0.3) is 5.91 Å². The van der Waals surface area contributed by atoms with Crippen molar-refractivity contribution in [3.8, 4) is 0 Å². The number of nitrogens with one attached hydrogen (secondary N) is 3. The number of amides is 1. The van der Waals surface area contributed by atoms with Gasteiger partial charge in [-0.25, -0.2) is 0 Å². The molecule has 1 heterocycles. The SMILES string of the molecule is CC1=C(C(=O)Nc2cc(Cl)ccc2C)[C@@H](c2ccccc2Cl)NC(=S)N1. The minimum atomic E-state index is -0.447. The summed E-state index contributed by atoms with van der Waals surface area (Å²) in [6.07, 6.45) is 0. The molecule has 2 aromatic carbocycles. The molecule has 0 aliphatic carbocycles. The number of carbonyl (C=O) groups is 1. The predicted molar refractivity (Wildman–Crippen MR) is 111 cm³/mol. The molecule has 1 aliphatic heterocycles. The Hall–Kier alpha value is -2.08. The van der Waals surface area contributed by atoms with Gasteiger partial charge in [-0.05, 0) is 55.4 Å². The van der Waals surface area contributed by atoms with Gasteiger partial charge in [-0.2, -0.15) is 0 Å². The molecule has 1 aliphatic rings. The lowest BCUT2D eigenvalue weighted by molar-refractivity contribution is -0.113. The van der Waals surface area contributed by atoms with Crippen molar-refractivity contribution < 1.29 is 4.79 Å². The standard InChI is InChI=1S/C19H17Cl2N3OS/c1-10-7-8-12(20)9-15(10)23-18(25)16-11(2)22-19(26)24-17(16)13-5-3-4-6-14(13)21/h3-9,17H,1-2H3,(H,23,25)(H2,22,24,26)/t17-/m1/s1. The smallest absolute Gasteiger partial charge is 0.255 e. The zero-order valence-corrected chi connectivity index (χ0v) is 16.5. The number of anilines is 1. The number of benzene rings is 2. The molecular formula is C19H17Cl2N3OS. The van der Waals surface area contributed by atoms with Crippen LogP contribution in [0.3, 0.4) is 0 Å². The topological polar surface area (TPSA) is 53.2 Å². The van der Waals surface area contributed by atoms with Crippen LogP contribution in [0.15, 0.2) is 53.7 Å². The molecule has 0 fully saturated rings. The van der Waals surface area contributed by atoms with E-state index in [1.54, 1.807) is 18.2 Å². The molecule has 2 aromatic rings. The molecule has 0 saturated carbocycles. The van der Waals surface area contributed by atoms with Crippen LogP contribution in [0.5, 0.6) is 0 Å². The number of allylic oxidation sites excluding steroid dienone is 1. The van der Waals surface area contributed by atoms with Crippen molar-refractivity contribution in [2.24, 2.45) is 0 Å². The van der Waals surface area contributed by atoms with Crippen molar-refractivity contribution in [2.75, 3.05) is 5.32 Å². The first-order valence-corrected chi connectivity index (χ1v) is 9.13. The fourth-order valence-electron chi connectivity index (χ4n) is 2.86. The maximum absolute atomic E-state index is 13.1. The van der Waals surface area contributed by atoms with Crippen LogP contribution in [-0.2, 0) is 4.79 Å². The lowest BCUT2D eigenvalue weighted by Gasteiger charge is -2.31. The quantitative estimate of drug-likeness (QED) is 0.645. The van der Waals surface area contributed by atoms with Gasteiger partial charge in [0.1, 0.15) is 0 Å². The number of halogens is 2. The van der Waals surface area contributed by atoms with E-state index >= 15 is 0 Å². The molecular weight excluding hydrogens is 389 g/mol. The molecule has 3 rings (SSSR count). The van der Waals surface area contributed by atoms with E-state index in [4.69, 9.17) is 35.4 Å². The van der Waals surface area contributed by atoms with Crippen LogP contribution >= 0.6 is 35.4 Å². The Morgan fingerprint density at radius 3 is 2.62 bits per heavy atom. The highest BCUT2D eigenvalue weighted by Gasteiger charge is 2.31. The summed E-state index contributed by atoms with van der Waals surface area (Å²) < 4.78 is 0. The lowest BCUT2D eigenvalue weighted by atomic mass is 9.94. The molecule has 0 spiro atoms. The Morgan fingerprint density at radius 1 is 1.15 bits per heavy atom. The van der Waals surface area contributed by atoms with Crippen LogP contribution in [-0.4, -0.2) is 11.0 Å². The summed E-state index contributed by atoms with van der Waals surface area (Å²) in [6.45, 7) is 3.72. The highest BCUT2D eigenvalue weighted by Crippen LogP contribution is 2.32. The van der Waals surface area contributed by atoms with Gasteiger partial charge in [0.2, 0.25) is 0 Å². The Balaban J connectivity index is 2.00. The largest absolute Gasteiger partial charge is 0.351 e. The molecule has 0 aromatic heterocycles. The van der Waals surface area contributed by atoms with E-state index in [2.05, 4.69) is 16.0 Å². The average Bonchev–Trinajstić information content (AvgIpc) is 2.57. The Labute approximate surface area is 167 Å². The number of hydrogen-bond donors (Lipinski definition) is 3. The lowest BCUT2D eigenvalue weighted by Crippen LogP contribution is -2.45. The van der Waals surface area contributed by atoms with Gasteiger partial charge in [-0.3, -0.25) is 4.79 Å². The van der Waals surface area contributed by atoms with Crippen LogP contribution in [0.1, 0.15) is 24.1 Å². The maximum Gasteiger partial charge on any atom is 0.255 e. The first-order valence-electron chi connectivity index (χ1n) is 7.97. The normalized spacial score (nSPS) is 16.8. The van der Waals surface area contributed by atoms with Crippen LogP contribution in [0.2, 0.25) is 10.0 Å². The molecule has 3 N–H and O–H groups in total. The molecule has 7 heteroatoms. The fraction of sp³-hybridized carbons (Fsp3) is 0.158. The van der Waals surface area contributed by atoms with Crippen LogP contribution in [0.25, 0.3) is 0 Å². The summed E-state index contributed by atoms with van der Waals surface area (Å²) >= 11 is 17.7. The Morgan fingerprint density at radius 2 is 1.88 bits per heavy atom. The second-order valence-electron chi connectivity index (χ2n) is 6.01. The van der Waals surface area contributed by atoms with Crippen molar-refractivity contribution in [3.05, 3.63) is 74.9 Å². The maximum atomic E-state index is 13.1. The number of thiocarbonyl (C=S) groups is 1. The molecule has 1 amide bonds. The molecule has 0 saturated heterocycles. The van der Waals surface area contributed by atoms with Gasteiger partial charge in [0.05, 0.1) is 11.6 Å². The van der Waals surface area contributed by atoms with Crippen LogP contribution < -0.4 is 16.0 Å². The molecule has 0 unspecified atom stereocenters. The average molecular weight is 406 g/mol. The summed E-state index contributed by atoms with van der Waals surface area (Å²) in [5, 5.41) is 10.7. The van der Waals surface area contributed by atoms with Crippen molar-refractivity contribution >= 4 is 52.1 Å². The first-order chi connectivity index (χ1) is 12.4. The summed E-state index contributed by atoms with van der Waals surface area (Å²) in [5.41, 5.74) is 3.56. The third-order valence-corrected chi connectivity index (χ3v) is 4.98. The molecule has 0 bridgehead atoms. The minimum Gasteiger partial charge on any atom is -0.351 e. The van der Waals surface area contributed by atoms with E-state index in [0.29, 0.717) is 32.1 Å². The van der Waals surface area contributed by atoms with Gasteiger partial charge >= 0.3 is 0 Å². The summed E-state index contributed by atoms with van der Waals surface area (Å²) in [4.78, 5) is 13.1. The Bertz CT molecular complexity index is 927. The molecule has 134 valence electrons. The fourth-order valence-corrected chi connectivity index (χ4v) is 3.54. The van der Waals surface area contributed by atoms with E-state index in [0.717, 1.165) is 11.1 Å². The van der Waals surface area contributed by atoms with E-state index in [1.165, 1.54) is 0 Å². The second kappa shape index (κ2) is 7.66. The number of carbonyl (C=O) groups excluding carboxylic acids is 1. The second-order valence-corrected chi connectivity index (χ2v) is 7.26. The Kier molecular flexibility index (Phi) is 5.51. The summed E-state index contributed by atoms with van der Waals surface area (Å²) in [6, 6.07) is 12.3. The van der Waals surface area contributed by atoms with E-state index in [1.807, 2.05) is 38.1 Å². The van der Waals surface area contributed by atoms with Gasteiger partial charge in [0, 0.05) is 21.4 Å². The van der Waals surface area contributed by atoms with Gasteiger partial charge in [-0.1, -0.05) is 47.5 Å². The van der Waals surface area contributed by atoms with Gasteiger partial charge in [0.15, 0.2) is 5.11 Å². The van der Waals surface area contributed by atoms with Crippen molar-refractivity contribution in [2.45, 2.75) is 19.9 Å². The number of aryl methyl sites for hydroxylation is 1. The van der Waals surface area contributed by atoms with Gasteiger partial charge in [-0.15, -0.1) is 0 Å². The monoisotopic (exact) mass is 405 g/mol. The zero-order chi connectivity index (χ0) is 18.8. The predicted octanol–water partition coefficient (Wildman–Crippen LogP) is 4.73.